The van der Waals surface area contributed by atoms with Crippen LogP contribution in [0, 0.1) is 0 Å². The molecule has 1 heterocycles. The van der Waals surface area contributed by atoms with Crippen LogP contribution in [0.25, 0.3) is 0 Å². The molecule has 4 heteroatoms. The minimum atomic E-state index is 0.516. The van der Waals surface area contributed by atoms with E-state index in [1.807, 2.05) is 11.3 Å². The Balaban J connectivity index is 1.67. The molecule has 19 heavy (non-hydrogen) atoms. The predicted octanol–water partition coefficient (Wildman–Crippen LogP) is 3.96. The molecule has 2 nitrogen and oxygen atoms in total. The predicted molar refractivity (Wildman–Crippen MR) is 85.3 cm³/mol. The first-order valence-corrected chi connectivity index (χ1v) is 9.66. The molecule has 106 valence electrons. The maximum absolute atomic E-state index is 4.96. The molecule has 0 saturated heterocycles. The molecular weight excluding hydrogens is 272 g/mol. The molecule has 3 rings (SSSR count). The zero-order valence-corrected chi connectivity index (χ0v) is 13.4. The maximum atomic E-state index is 4.96. The van der Waals surface area contributed by atoms with E-state index in [4.69, 9.17) is 4.98 Å². The van der Waals surface area contributed by atoms with Crippen LogP contribution in [-0.2, 0) is 12.8 Å². The minimum Gasteiger partial charge on any atom is -0.305 e. The van der Waals surface area contributed by atoms with Crippen LogP contribution in [0.15, 0.2) is 0 Å². The van der Waals surface area contributed by atoms with Crippen LogP contribution in [0.3, 0.4) is 0 Å². The van der Waals surface area contributed by atoms with Gasteiger partial charge in [0.1, 0.15) is 5.01 Å². The van der Waals surface area contributed by atoms with Crippen LogP contribution in [0.2, 0.25) is 0 Å². The molecule has 2 aliphatic rings. The quantitative estimate of drug-likeness (QED) is 0.771. The highest BCUT2D eigenvalue weighted by Crippen LogP contribution is 2.33. The van der Waals surface area contributed by atoms with Crippen LogP contribution < -0.4 is 5.32 Å². The Morgan fingerprint density at radius 3 is 2.95 bits per heavy atom. The molecule has 0 bridgehead atoms. The Morgan fingerprint density at radius 1 is 1.37 bits per heavy atom. The maximum Gasteiger partial charge on any atom is 0.110 e. The summed E-state index contributed by atoms with van der Waals surface area (Å²) >= 11 is 4.04. The molecule has 0 amide bonds. The summed E-state index contributed by atoms with van der Waals surface area (Å²) in [5, 5.41) is 5.18. The van der Waals surface area contributed by atoms with Gasteiger partial charge in [0.2, 0.25) is 0 Å². The molecule has 1 aromatic heterocycles. The lowest BCUT2D eigenvalue weighted by Crippen LogP contribution is -2.24. The zero-order chi connectivity index (χ0) is 13.1. The van der Waals surface area contributed by atoms with Gasteiger partial charge in [0, 0.05) is 10.9 Å². The first kappa shape index (κ1) is 13.9. The van der Waals surface area contributed by atoms with Crippen molar-refractivity contribution in [2.45, 2.75) is 64.0 Å². The summed E-state index contributed by atoms with van der Waals surface area (Å²) in [5.74, 6) is 2.48. The third-order valence-electron chi connectivity index (χ3n) is 3.93. The molecular formula is C15H24N2S2. The fourth-order valence-corrected chi connectivity index (χ4v) is 4.62. The van der Waals surface area contributed by atoms with Crippen molar-refractivity contribution >= 4 is 23.1 Å². The van der Waals surface area contributed by atoms with Gasteiger partial charge in [-0.1, -0.05) is 6.92 Å². The largest absolute Gasteiger partial charge is 0.305 e. The highest BCUT2D eigenvalue weighted by molar-refractivity contribution is 7.99. The number of aromatic nitrogens is 1. The van der Waals surface area contributed by atoms with Crippen LogP contribution in [0.1, 0.15) is 60.6 Å². The van der Waals surface area contributed by atoms with Crippen LogP contribution in [0.5, 0.6) is 0 Å². The second kappa shape index (κ2) is 6.59. The number of fused-ring (bicyclic) bond motifs is 1. The Labute approximate surface area is 124 Å². The first-order chi connectivity index (χ1) is 9.36. The summed E-state index contributed by atoms with van der Waals surface area (Å²) < 4.78 is 0. The zero-order valence-electron chi connectivity index (χ0n) is 11.8. The molecule has 0 radical (unpaired) electrons. The van der Waals surface area contributed by atoms with Crippen LogP contribution >= 0.6 is 23.1 Å². The van der Waals surface area contributed by atoms with Gasteiger partial charge < -0.3 is 5.32 Å². The van der Waals surface area contributed by atoms with E-state index >= 15 is 0 Å². The summed E-state index contributed by atoms with van der Waals surface area (Å²) in [7, 11) is 0. The third kappa shape index (κ3) is 3.73. The number of hydrogen-bond donors (Lipinski definition) is 1. The first-order valence-electron chi connectivity index (χ1n) is 7.69. The van der Waals surface area contributed by atoms with E-state index in [0.717, 1.165) is 6.04 Å². The van der Waals surface area contributed by atoms with Crippen molar-refractivity contribution in [3.63, 3.8) is 0 Å². The van der Waals surface area contributed by atoms with Gasteiger partial charge in [0.25, 0.3) is 0 Å². The van der Waals surface area contributed by atoms with Gasteiger partial charge >= 0.3 is 0 Å². The molecule has 1 unspecified atom stereocenters. The number of nitrogens with zero attached hydrogens (tertiary/aromatic N) is 1. The Hall–Kier alpha value is -0.0600. The van der Waals surface area contributed by atoms with Crippen molar-refractivity contribution in [2.75, 3.05) is 11.5 Å². The van der Waals surface area contributed by atoms with Gasteiger partial charge in [-0.05, 0) is 56.5 Å². The molecule has 1 atom stereocenters. The van der Waals surface area contributed by atoms with Gasteiger partial charge in [-0.2, -0.15) is 11.8 Å². The molecule has 0 aromatic carbocycles. The van der Waals surface area contributed by atoms with E-state index < -0.39 is 0 Å². The van der Waals surface area contributed by atoms with Gasteiger partial charge in [0.05, 0.1) is 11.7 Å². The minimum absolute atomic E-state index is 0.516. The lowest BCUT2D eigenvalue weighted by Gasteiger charge is -2.15. The Kier molecular flexibility index (Phi) is 4.83. The number of rotatable bonds is 7. The Bertz CT molecular complexity index is 389. The topological polar surface area (TPSA) is 24.9 Å². The number of thiazole rings is 1. The number of hydrogen-bond acceptors (Lipinski definition) is 4. The van der Waals surface area contributed by atoms with Crippen molar-refractivity contribution in [1.29, 1.82) is 0 Å². The van der Waals surface area contributed by atoms with E-state index in [9.17, 15) is 0 Å². The van der Waals surface area contributed by atoms with Crippen molar-refractivity contribution in [3.8, 4) is 0 Å². The van der Waals surface area contributed by atoms with E-state index in [2.05, 4.69) is 24.0 Å². The van der Waals surface area contributed by atoms with Crippen LogP contribution in [0.4, 0.5) is 0 Å². The lowest BCUT2D eigenvalue weighted by atomic mass is 10.0. The van der Waals surface area contributed by atoms with Gasteiger partial charge in [-0.15, -0.1) is 11.3 Å². The summed E-state index contributed by atoms with van der Waals surface area (Å²) in [5.41, 5.74) is 1.41. The fourth-order valence-electron chi connectivity index (χ4n) is 2.68. The highest BCUT2D eigenvalue weighted by Gasteiger charge is 2.27. The van der Waals surface area contributed by atoms with E-state index in [-0.39, 0.29) is 0 Å². The van der Waals surface area contributed by atoms with Crippen LogP contribution in [-0.4, -0.2) is 22.5 Å². The Morgan fingerprint density at radius 2 is 2.21 bits per heavy atom. The second-order valence-corrected chi connectivity index (χ2v) is 8.12. The standard InChI is InChI=1S/C15H24N2S2/c1-2-18-10-9-13(16-11-7-8-11)15-17-12-5-3-4-6-14(12)19-15/h11,13,16H,2-10H2,1H3. The van der Waals surface area contributed by atoms with E-state index in [1.54, 1.807) is 4.88 Å². The van der Waals surface area contributed by atoms with Crippen molar-refractivity contribution in [2.24, 2.45) is 0 Å². The number of aryl methyl sites for hydroxylation is 2. The highest BCUT2D eigenvalue weighted by atomic mass is 32.2. The molecule has 1 fully saturated rings. The van der Waals surface area contributed by atoms with E-state index in [0.29, 0.717) is 6.04 Å². The normalized spacial score (nSPS) is 20.3. The second-order valence-electron chi connectivity index (χ2n) is 5.61. The molecule has 1 N–H and O–H groups in total. The molecule has 0 spiro atoms. The summed E-state index contributed by atoms with van der Waals surface area (Å²) in [4.78, 5) is 6.53. The van der Waals surface area contributed by atoms with E-state index in [1.165, 1.54) is 67.2 Å². The number of nitrogens with one attached hydrogen (secondary N) is 1. The molecule has 2 aliphatic carbocycles. The van der Waals surface area contributed by atoms with Gasteiger partial charge in [-0.3, -0.25) is 0 Å². The van der Waals surface area contributed by atoms with Crippen molar-refractivity contribution in [1.82, 2.24) is 10.3 Å². The smallest absolute Gasteiger partial charge is 0.110 e. The summed E-state index contributed by atoms with van der Waals surface area (Å²) in [6.45, 7) is 2.25. The van der Waals surface area contributed by atoms with Gasteiger partial charge in [-0.25, -0.2) is 4.98 Å². The van der Waals surface area contributed by atoms with Gasteiger partial charge in [0.15, 0.2) is 0 Å². The molecule has 1 aromatic rings. The monoisotopic (exact) mass is 296 g/mol. The van der Waals surface area contributed by atoms with Crippen molar-refractivity contribution < 1.29 is 0 Å². The number of thioether (sulfide) groups is 1. The molecule has 0 aliphatic heterocycles. The molecule has 1 saturated carbocycles. The average Bonchev–Trinajstić information content (AvgIpc) is 3.14. The third-order valence-corrected chi connectivity index (χ3v) is 6.13. The lowest BCUT2D eigenvalue weighted by molar-refractivity contribution is 0.515. The van der Waals surface area contributed by atoms with Crippen molar-refractivity contribution in [3.05, 3.63) is 15.6 Å². The average molecular weight is 297 g/mol. The fraction of sp³-hybridized carbons (Fsp3) is 0.800. The SMILES string of the molecule is CCSCCC(NC1CC1)c1nc2c(s1)CCCC2. The summed E-state index contributed by atoms with van der Waals surface area (Å²) in [6.07, 6.45) is 9.15. The summed E-state index contributed by atoms with van der Waals surface area (Å²) in [6, 6.07) is 1.29.